The number of aryl methyl sites for hydroxylation is 1. The number of hydrogen-bond acceptors (Lipinski definition) is 3. The molecule has 0 N–H and O–H groups in total. The van der Waals surface area contributed by atoms with Gasteiger partial charge in [-0.3, -0.25) is 4.90 Å². The van der Waals surface area contributed by atoms with E-state index in [1.807, 2.05) is 42.5 Å². The molecule has 5 rings (SSSR count). The van der Waals surface area contributed by atoms with Gasteiger partial charge in [-0.25, -0.2) is 0 Å². The van der Waals surface area contributed by atoms with Crippen LogP contribution in [0.5, 0.6) is 11.5 Å². The van der Waals surface area contributed by atoms with Crippen LogP contribution >= 0.6 is 0 Å². The lowest BCUT2D eigenvalue weighted by Crippen LogP contribution is -2.29. The van der Waals surface area contributed by atoms with Gasteiger partial charge in [-0.15, -0.1) is 0 Å². The molecular formula is C25H24N2O2. The number of hydrogen-bond donors (Lipinski definition) is 0. The molecule has 0 spiro atoms. The lowest BCUT2D eigenvalue weighted by Gasteiger charge is -2.30. The van der Waals surface area contributed by atoms with Gasteiger partial charge in [0.15, 0.2) is 0 Å². The summed E-state index contributed by atoms with van der Waals surface area (Å²) in [5.41, 5.74) is 2.54. The molecule has 1 unspecified atom stereocenters. The maximum Gasteiger partial charge on any atom is 0.127 e. The number of fused-ring (bicyclic) bond motifs is 1. The molecule has 4 aromatic rings. The van der Waals surface area contributed by atoms with Crippen molar-refractivity contribution in [3.05, 3.63) is 108 Å². The van der Waals surface area contributed by atoms with Crippen LogP contribution in [0.25, 0.3) is 0 Å². The molecule has 0 amide bonds. The quantitative estimate of drug-likeness (QED) is 0.431. The Labute approximate surface area is 171 Å². The first-order chi connectivity index (χ1) is 14.4. The van der Waals surface area contributed by atoms with E-state index in [-0.39, 0.29) is 6.04 Å². The van der Waals surface area contributed by atoms with Crippen molar-refractivity contribution in [2.45, 2.75) is 25.6 Å². The minimum Gasteiger partial charge on any atom is -0.468 e. The third kappa shape index (κ3) is 3.84. The van der Waals surface area contributed by atoms with E-state index in [9.17, 15) is 0 Å². The average molecular weight is 384 g/mol. The lowest BCUT2D eigenvalue weighted by atomic mass is 10.0. The summed E-state index contributed by atoms with van der Waals surface area (Å²) in [7, 11) is 0. The highest BCUT2D eigenvalue weighted by Crippen LogP contribution is 2.35. The standard InChI is InChI=1S/C25H24N2O2/c1-2-9-21(10-3-1)29-22-11-4-8-20(18-22)25-24-13-5-14-26(24)15-7-16-27(25)19-23-12-6-17-28-23/h1-6,8-14,17-18,25H,7,15-16,19H2. The molecule has 2 aromatic carbocycles. The fourth-order valence-corrected chi connectivity index (χ4v) is 4.17. The van der Waals surface area contributed by atoms with Gasteiger partial charge >= 0.3 is 0 Å². The summed E-state index contributed by atoms with van der Waals surface area (Å²) in [6.45, 7) is 2.83. The maximum absolute atomic E-state index is 6.11. The Bertz CT molecular complexity index is 1050. The first kappa shape index (κ1) is 17.8. The van der Waals surface area contributed by atoms with E-state index in [2.05, 4.69) is 52.1 Å². The van der Waals surface area contributed by atoms with Crippen molar-refractivity contribution in [3.63, 3.8) is 0 Å². The second-order valence-corrected chi connectivity index (χ2v) is 7.42. The second-order valence-electron chi connectivity index (χ2n) is 7.42. The zero-order valence-corrected chi connectivity index (χ0v) is 16.3. The third-order valence-corrected chi connectivity index (χ3v) is 5.45. The molecule has 0 saturated heterocycles. The fraction of sp³-hybridized carbons (Fsp3) is 0.200. The first-order valence-electron chi connectivity index (χ1n) is 10.1. The molecule has 29 heavy (non-hydrogen) atoms. The van der Waals surface area contributed by atoms with E-state index in [1.54, 1.807) is 6.26 Å². The van der Waals surface area contributed by atoms with Crippen molar-refractivity contribution < 1.29 is 9.15 Å². The van der Waals surface area contributed by atoms with Crippen molar-refractivity contribution in [2.75, 3.05) is 6.54 Å². The van der Waals surface area contributed by atoms with E-state index < -0.39 is 0 Å². The summed E-state index contributed by atoms with van der Waals surface area (Å²) in [4.78, 5) is 2.50. The molecule has 0 saturated carbocycles. The van der Waals surface area contributed by atoms with Crippen LogP contribution < -0.4 is 4.74 Å². The Morgan fingerprint density at radius 3 is 2.62 bits per heavy atom. The van der Waals surface area contributed by atoms with Gasteiger partial charge in [-0.05, 0) is 60.5 Å². The molecule has 1 aliphatic heterocycles. The van der Waals surface area contributed by atoms with E-state index in [1.165, 1.54) is 11.3 Å². The van der Waals surface area contributed by atoms with Crippen LogP contribution in [0.3, 0.4) is 0 Å². The number of furan rings is 1. The Morgan fingerprint density at radius 2 is 1.76 bits per heavy atom. The van der Waals surface area contributed by atoms with Crippen LogP contribution in [0.15, 0.2) is 95.7 Å². The Morgan fingerprint density at radius 1 is 0.862 bits per heavy atom. The zero-order valence-electron chi connectivity index (χ0n) is 16.3. The molecule has 2 aromatic heterocycles. The zero-order chi connectivity index (χ0) is 19.5. The minimum atomic E-state index is 0.150. The third-order valence-electron chi connectivity index (χ3n) is 5.45. The summed E-state index contributed by atoms with van der Waals surface area (Å²) in [5, 5.41) is 0. The summed E-state index contributed by atoms with van der Waals surface area (Å²) < 4.78 is 14.1. The monoisotopic (exact) mass is 384 g/mol. The number of para-hydroxylation sites is 1. The normalized spacial score (nSPS) is 16.9. The smallest absolute Gasteiger partial charge is 0.127 e. The number of rotatable bonds is 5. The first-order valence-corrected chi connectivity index (χ1v) is 10.1. The maximum atomic E-state index is 6.11. The molecule has 0 aliphatic carbocycles. The molecule has 1 aliphatic rings. The van der Waals surface area contributed by atoms with Gasteiger partial charge in [0, 0.05) is 25.0 Å². The van der Waals surface area contributed by atoms with E-state index in [0.29, 0.717) is 0 Å². The molecule has 0 bridgehead atoms. The highest BCUT2D eigenvalue weighted by molar-refractivity contribution is 5.38. The van der Waals surface area contributed by atoms with Gasteiger partial charge in [0.05, 0.1) is 18.8 Å². The second kappa shape index (κ2) is 8.02. The van der Waals surface area contributed by atoms with Crippen LogP contribution in [-0.2, 0) is 13.1 Å². The van der Waals surface area contributed by atoms with Gasteiger partial charge in [-0.2, -0.15) is 0 Å². The average Bonchev–Trinajstić information content (AvgIpc) is 3.39. The lowest BCUT2D eigenvalue weighted by molar-refractivity contribution is 0.203. The van der Waals surface area contributed by atoms with Crippen molar-refractivity contribution in [3.8, 4) is 11.5 Å². The minimum absolute atomic E-state index is 0.150. The van der Waals surface area contributed by atoms with Crippen LogP contribution in [0.4, 0.5) is 0 Å². The summed E-state index contributed by atoms with van der Waals surface area (Å²) in [5.74, 6) is 2.70. The molecule has 0 radical (unpaired) electrons. The number of benzene rings is 2. The number of ether oxygens (including phenoxy) is 1. The molecule has 0 fully saturated rings. The molecule has 1 atom stereocenters. The van der Waals surface area contributed by atoms with Gasteiger partial charge in [0.2, 0.25) is 0 Å². The SMILES string of the molecule is c1ccc(Oc2cccc(C3c4cccn4CCCN3Cc3ccco3)c2)cc1. The van der Waals surface area contributed by atoms with Crippen LogP contribution in [0.2, 0.25) is 0 Å². The van der Waals surface area contributed by atoms with Crippen LogP contribution in [0, 0.1) is 0 Å². The van der Waals surface area contributed by atoms with E-state index in [0.717, 1.165) is 43.3 Å². The largest absolute Gasteiger partial charge is 0.468 e. The van der Waals surface area contributed by atoms with Gasteiger partial charge in [0.25, 0.3) is 0 Å². The molecule has 3 heterocycles. The Hall–Kier alpha value is -3.24. The van der Waals surface area contributed by atoms with Gasteiger partial charge in [0.1, 0.15) is 17.3 Å². The van der Waals surface area contributed by atoms with E-state index in [4.69, 9.17) is 9.15 Å². The molecular weight excluding hydrogens is 360 g/mol. The Balaban J connectivity index is 1.51. The number of nitrogens with zero attached hydrogens (tertiary/aromatic N) is 2. The van der Waals surface area contributed by atoms with Crippen LogP contribution in [-0.4, -0.2) is 16.0 Å². The molecule has 4 nitrogen and oxygen atoms in total. The van der Waals surface area contributed by atoms with E-state index >= 15 is 0 Å². The van der Waals surface area contributed by atoms with Crippen molar-refractivity contribution in [1.82, 2.24) is 9.47 Å². The van der Waals surface area contributed by atoms with Crippen molar-refractivity contribution in [1.29, 1.82) is 0 Å². The van der Waals surface area contributed by atoms with Gasteiger partial charge < -0.3 is 13.7 Å². The predicted octanol–water partition coefficient (Wildman–Crippen LogP) is 5.87. The topological polar surface area (TPSA) is 30.5 Å². The fourth-order valence-electron chi connectivity index (χ4n) is 4.17. The predicted molar refractivity (Wildman–Crippen MR) is 113 cm³/mol. The van der Waals surface area contributed by atoms with Crippen molar-refractivity contribution >= 4 is 0 Å². The van der Waals surface area contributed by atoms with Gasteiger partial charge in [-0.1, -0.05) is 30.3 Å². The summed E-state index contributed by atoms with van der Waals surface area (Å²) >= 11 is 0. The summed E-state index contributed by atoms with van der Waals surface area (Å²) in [6, 6.07) is 26.9. The van der Waals surface area contributed by atoms with Crippen molar-refractivity contribution in [2.24, 2.45) is 0 Å². The van der Waals surface area contributed by atoms with Crippen LogP contribution in [0.1, 0.15) is 29.5 Å². The highest BCUT2D eigenvalue weighted by Gasteiger charge is 2.28. The highest BCUT2D eigenvalue weighted by atomic mass is 16.5. The summed E-state index contributed by atoms with van der Waals surface area (Å²) in [6.07, 6.45) is 5.04. The molecule has 146 valence electrons. The Kier molecular flexibility index (Phi) is 4.93. The number of aromatic nitrogens is 1. The molecule has 4 heteroatoms.